The van der Waals surface area contributed by atoms with Gasteiger partial charge in [-0.2, -0.15) is 0 Å². The monoisotopic (exact) mass is 495 g/mol. The largest absolute Gasteiger partial charge is 0.508 e. The quantitative estimate of drug-likeness (QED) is 0.264. The van der Waals surface area contributed by atoms with E-state index in [4.69, 9.17) is 11.3 Å². The van der Waals surface area contributed by atoms with Crippen LogP contribution in [0, 0.1) is 23.0 Å². The molecule has 1 aromatic heterocycles. The lowest BCUT2D eigenvalue weighted by atomic mass is 9.67. The number of aromatic hydroxyl groups is 1. The molecule has 0 radical (unpaired) electrons. The molecule has 2 heterocycles. The minimum atomic E-state index is -1.05. The molecular formula is C25H27F2N7O2. The number of nitrogens with two attached hydrogens (primary N) is 1. The number of hydrogen-bond acceptors (Lipinski definition) is 6. The summed E-state index contributed by atoms with van der Waals surface area (Å²) in [5, 5.41) is 18.9. The van der Waals surface area contributed by atoms with Gasteiger partial charge in [0, 0.05) is 35.3 Å². The lowest BCUT2D eigenvalue weighted by Gasteiger charge is -2.40. The van der Waals surface area contributed by atoms with E-state index in [9.17, 15) is 18.7 Å². The number of nitrogens with zero attached hydrogens (tertiary/aromatic N) is 4. The number of amides is 1. The van der Waals surface area contributed by atoms with E-state index in [0.29, 0.717) is 12.2 Å². The summed E-state index contributed by atoms with van der Waals surface area (Å²) in [6.45, 7) is 4.97. The van der Waals surface area contributed by atoms with Crippen LogP contribution in [0.3, 0.4) is 0 Å². The highest BCUT2D eigenvalue weighted by atomic mass is 19.1. The van der Waals surface area contributed by atoms with Crippen molar-refractivity contribution in [3.8, 4) is 17.0 Å². The maximum atomic E-state index is 14.7. The van der Waals surface area contributed by atoms with Crippen molar-refractivity contribution in [2.45, 2.75) is 39.2 Å². The molecule has 0 bridgehead atoms. The number of aromatic nitrogens is 1. The van der Waals surface area contributed by atoms with Gasteiger partial charge in [-0.15, -0.1) is 0 Å². The van der Waals surface area contributed by atoms with Crippen LogP contribution in [0.5, 0.6) is 5.75 Å². The third kappa shape index (κ3) is 5.32. The molecular weight excluding hydrogens is 468 g/mol. The normalized spacial score (nSPS) is 20.9. The number of rotatable bonds is 5. The first kappa shape index (κ1) is 25.2. The summed E-state index contributed by atoms with van der Waals surface area (Å²) >= 11 is 0. The fourth-order valence-corrected chi connectivity index (χ4v) is 5.12. The number of hydrogen-bond donors (Lipinski definition) is 4. The lowest BCUT2D eigenvalue weighted by molar-refractivity contribution is 0.0960. The number of carbonyl (C=O) groups is 1. The number of pyridine rings is 1. The Balaban J connectivity index is 1.64. The van der Waals surface area contributed by atoms with Crippen molar-refractivity contribution in [2.75, 3.05) is 6.54 Å². The second-order valence-corrected chi connectivity index (χ2v) is 9.88. The second-order valence-electron chi connectivity index (χ2n) is 9.88. The summed E-state index contributed by atoms with van der Waals surface area (Å²) in [5.74, 6) is -2.95. The van der Waals surface area contributed by atoms with Crippen molar-refractivity contribution in [1.29, 1.82) is 0 Å². The van der Waals surface area contributed by atoms with Gasteiger partial charge in [0.25, 0.3) is 5.91 Å². The maximum absolute atomic E-state index is 14.7. The zero-order valence-electron chi connectivity index (χ0n) is 19.9. The molecule has 1 aromatic carbocycles. The Morgan fingerprint density at radius 3 is 2.81 bits per heavy atom. The van der Waals surface area contributed by atoms with Gasteiger partial charge in [-0.05, 0) is 59.9 Å². The standard InChI is InChI=1S/C25H27F2N7O2/c1-25(2)10-13(7-14(28)11-25)16-5-6-30-12-21(16)32-24(36)19-4-3-17(26)23(31-19)22-18(27)8-15(35)9-20(22)33-34-29/h3-5,8-9,12-14,30,35H,6-7,10-11,28H2,1-2H3,(H,32,36)/t13-,14+/m0/s1. The van der Waals surface area contributed by atoms with E-state index in [2.05, 4.69) is 39.5 Å². The van der Waals surface area contributed by atoms with Crippen LogP contribution in [0.15, 0.2) is 52.9 Å². The molecule has 2 aliphatic rings. The molecule has 1 fully saturated rings. The zero-order valence-corrected chi connectivity index (χ0v) is 19.9. The van der Waals surface area contributed by atoms with Crippen molar-refractivity contribution >= 4 is 11.6 Å². The highest BCUT2D eigenvalue weighted by Crippen LogP contribution is 2.43. The highest BCUT2D eigenvalue weighted by molar-refractivity contribution is 5.94. The number of phenolic OH excluding ortho intramolecular Hbond substituents is 1. The lowest BCUT2D eigenvalue weighted by Crippen LogP contribution is -2.40. The number of nitrogens with one attached hydrogen (secondary N) is 2. The molecule has 11 heteroatoms. The van der Waals surface area contributed by atoms with Gasteiger partial charge in [-0.1, -0.05) is 25.0 Å². The van der Waals surface area contributed by atoms with Crippen molar-refractivity contribution in [2.24, 2.45) is 22.2 Å². The van der Waals surface area contributed by atoms with E-state index < -0.39 is 34.5 Å². The van der Waals surface area contributed by atoms with E-state index >= 15 is 0 Å². The number of carbonyl (C=O) groups excluding carboxylic acids is 1. The fraction of sp³-hybridized carbons (Fsp3) is 0.360. The van der Waals surface area contributed by atoms with Gasteiger partial charge in [0.05, 0.1) is 11.4 Å². The average Bonchev–Trinajstić information content (AvgIpc) is 2.79. The Labute approximate surface area is 206 Å². The van der Waals surface area contributed by atoms with Gasteiger partial charge in [-0.25, -0.2) is 13.8 Å². The van der Waals surface area contributed by atoms with E-state index in [1.54, 1.807) is 6.20 Å². The molecule has 36 heavy (non-hydrogen) atoms. The molecule has 188 valence electrons. The van der Waals surface area contributed by atoms with Gasteiger partial charge < -0.3 is 21.5 Å². The number of dihydropyridines is 1. The van der Waals surface area contributed by atoms with E-state index in [0.717, 1.165) is 43.0 Å². The summed E-state index contributed by atoms with van der Waals surface area (Å²) in [6.07, 6.45) is 6.37. The Morgan fingerprint density at radius 2 is 2.08 bits per heavy atom. The van der Waals surface area contributed by atoms with E-state index in [-0.39, 0.29) is 28.8 Å². The average molecular weight is 496 g/mol. The van der Waals surface area contributed by atoms with E-state index in [1.807, 2.05) is 6.08 Å². The molecule has 0 unspecified atom stereocenters. The molecule has 1 amide bonds. The van der Waals surface area contributed by atoms with Gasteiger partial charge in [0.1, 0.15) is 28.8 Å². The Kier molecular flexibility index (Phi) is 6.96. The predicted octanol–water partition coefficient (Wildman–Crippen LogP) is 4.93. The Hall–Kier alpha value is -3.95. The van der Waals surface area contributed by atoms with Crippen molar-refractivity contribution in [1.82, 2.24) is 15.6 Å². The third-order valence-corrected chi connectivity index (χ3v) is 6.41. The second kappa shape index (κ2) is 9.96. The molecule has 1 aliphatic heterocycles. The minimum Gasteiger partial charge on any atom is -0.508 e. The first-order chi connectivity index (χ1) is 17.1. The van der Waals surface area contributed by atoms with Gasteiger partial charge in [-0.3, -0.25) is 4.79 Å². The van der Waals surface area contributed by atoms with Crippen LogP contribution >= 0.6 is 0 Å². The number of allylic oxidation sites excluding steroid dienone is 1. The number of benzene rings is 1. The van der Waals surface area contributed by atoms with E-state index in [1.165, 1.54) is 6.07 Å². The maximum Gasteiger partial charge on any atom is 0.274 e. The van der Waals surface area contributed by atoms with Crippen molar-refractivity contribution in [3.05, 3.63) is 75.6 Å². The minimum absolute atomic E-state index is 0.0540. The fourth-order valence-electron chi connectivity index (χ4n) is 5.12. The van der Waals surface area contributed by atoms with Crippen LogP contribution < -0.4 is 16.4 Å². The molecule has 0 saturated heterocycles. The summed E-state index contributed by atoms with van der Waals surface area (Å²) in [6, 6.07) is 3.94. The van der Waals surface area contributed by atoms with Crippen LogP contribution in [0.4, 0.5) is 14.5 Å². The van der Waals surface area contributed by atoms with Crippen molar-refractivity contribution in [3.63, 3.8) is 0 Å². The van der Waals surface area contributed by atoms with Crippen LogP contribution in [0.25, 0.3) is 21.7 Å². The van der Waals surface area contributed by atoms with Crippen LogP contribution in [-0.4, -0.2) is 28.6 Å². The topological polar surface area (TPSA) is 149 Å². The summed E-state index contributed by atoms with van der Waals surface area (Å²) in [4.78, 5) is 19.8. The molecule has 2 atom stereocenters. The summed E-state index contributed by atoms with van der Waals surface area (Å²) in [7, 11) is 0. The molecule has 0 spiro atoms. The van der Waals surface area contributed by atoms with Crippen LogP contribution in [-0.2, 0) is 0 Å². The Bertz CT molecular complexity index is 1320. The molecule has 1 saturated carbocycles. The van der Waals surface area contributed by atoms with Gasteiger partial charge in [0.2, 0.25) is 0 Å². The molecule has 9 nitrogen and oxygen atoms in total. The third-order valence-electron chi connectivity index (χ3n) is 6.41. The van der Waals surface area contributed by atoms with Crippen LogP contribution in [0.1, 0.15) is 43.6 Å². The first-order valence-corrected chi connectivity index (χ1v) is 11.5. The highest BCUT2D eigenvalue weighted by Gasteiger charge is 2.35. The van der Waals surface area contributed by atoms with Crippen molar-refractivity contribution < 1.29 is 18.7 Å². The van der Waals surface area contributed by atoms with Gasteiger partial charge >= 0.3 is 0 Å². The molecule has 4 rings (SSSR count). The SMILES string of the molecule is CC1(C)C[C@H](N)C[C@H](C2=CCNC=C2NC(=O)c2ccc(F)c(-c3c(F)cc(O)cc3N=[N+]=[N-])n2)C1. The smallest absolute Gasteiger partial charge is 0.274 e. The number of azide groups is 1. The van der Waals surface area contributed by atoms with Crippen LogP contribution in [0.2, 0.25) is 0 Å². The number of halogens is 2. The molecule has 2 aromatic rings. The number of phenols is 1. The first-order valence-electron chi connectivity index (χ1n) is 11.5. The Morgan fingerprint density at radius 1 is 1.31 bits per heavy atom. The van der Waals surface area contributed by atoms with Gasteiger partial charge in [0.15, 0.2) is 0 Å². The predicted molar refractivity (Wildman–Crippen MR) is 131 cm³/mol. The molecule has 5 N–H and O–H groups in total. The zero-order chi connectivity index (χ0) is 26.0. The summed E-state index contributed by atoms with van der Waals surface area (Å²) < 4.78 is 29.4. The molecule has 1 aliphatic carbocycles. The summed E-state index contributed by atoms with van der Waals surface area (Å²) in [5.41, 5.74) is 15.2.